The molecular weight excluding hydrogens is 434 g/mol. The summed E-state index contributed by atoms with van der Waals surface area (Å²) in [6, 6.07) is 5.47. The number of fused-ring (bicyclic) bond motifs is 1. The van der Waals surface area contributed by atoms with Crippen molar-refractivity contribution >= 4 is 39.8 Å². The van der Waals surface area contributed by atoms with Gasteiger partial charge < -0.3 is 14.8 Å². The molecule has 0 spiro atoms. The number of hydrogen-bond acceptors (Lipinski definition) is 5. The number of esters is 1. The number of benzene rings is 1. The van der Waals surface area contributed by atoms with Crippen molar-refractivity contribution in [3.8, 4) is 5.75 Å². The van der Waals surface area contributed by atoms with Crippen molar-refractivity contribution in [3.05, 3.63) is 44.8 Å². The fourth-order valence-corrected chi connectivity index (χ4v) is 5.48. The van der Waals surface area contributed by atoms with E-state index in [1.807, 2.05) is 19.1 Å². The number of rotatable bonds is 9. The molecule has 0 saturated heterocycles. The van der Waals surface area contributed by atoms with Crippen LogP contribution in [0.15, 0.2) is 18.2 Å². The zero-order valence-corrected chi connectivity index (χ0v) is 20.0. The first-order chi connectivity index (χ1) is 14.9. The summed E-state index contributed by atoms with van der Waals surface area (Å²) in [5.74, 6) is 0.948. The molecule has 0 fully saturated rings. The smallest absolute Gasteiger partial charge is 0.341 e. The molecule has 1 unspecified atom stereocenters. The van der Waals surface area contributed by atoms with Crippen molar-refractivity contribution in [2.45, 2.75) is 59.3 Å². The van der Waals surface area contributed by atoms with Crippen LogP contribution in [-0.2, 0) is 22.4 Å². The van der Waals surface area contributed by atoms with E-state index in [4.69, 9.17) is 21.1 Å². The quantitative estimate of drug-likeness (QED) is 0.355. The van der Waals surface area contributed by atoms with Gasteiger partial charge in [0.05, 0.1) is 18.8 Å². The molecule has 0 bridgehead atoms. The number of carbonyl (C=O) groups is 2. The number of ether oxygens (including phenoxy) is 2. The number of carbonyl (C=O) groups excluding carboxylic acids is 2. The highest BCUT2D eigenvalue weighted by Gasteiger charge is 2.29. The minimum absolute atomic E-state index is 0.118. The standard InChI is InChI=1S/C24H30ClNO4S/c1-4-16-8-10-18-20(14-16)31-23(22(18)24(28)29-5-2)26-21(27)7-6-12-30-19-11-9-17(25)13-15(19)3/h9,11,13,16H,4-8,10,12,14H2,1-3H3,(H,26,27). The van der Waals surface area contributed by atoms with E-state index < -0.39 is 0 Å². The summed E-state index contributed by atoms with van der Waals surface area (Å²) in [5, 5.41) is 4.26. The van der Waals surface area contributed by atoms with E-state index in [0.717, 1.165) is 42.6 Å². The van der Waals surface area contributed by atoms with Crippen molar-refractivity contribution in [1.82, 2.24) is 0 Å². The number of hydrogen-bond donors (Lipinski definition) is 1. The van der Waals surface area contributed by atoms with Gasteiger partial charge in [-0.15, -0.1) is 11.3 Å². The Balaban J connectivity index is 1.61. The van der Waals surface area contributed by atoms with Crippen LogP contribution in [0.25, 0.3) is 0 Å². The molecule has 0 radical (unpaired) electrons. The maximum absolute atomic E-state index is 12.6. The summed E-state index contributed by atoms with van der Waals surface area (Å²) in [5.41, 5.74) is 2.58. The number of amides is 1. The molecule has 1 aromatic heterocycles. The Labute approximate surface area is 193 Å². The van der Waals surface area contributed by atoms with Crippen LogP contribution in [0, 0.1) is 12.8 Å². The zero-order chi connectivity index (χ0) is 22.4. The van der Waals surface area contributed by atoms with Crippen LogP contribution in [0.2, 0.25) is 5.02 Å². The van der Waals surface area contributed by atoms with Gasteiger partial charge in [0, 0.05) is 16.3 Å². The van der Waals surface area contributed by atoms with Crippen molar-refractivity contribution < 1.29 is 19.1 Å². The van der Waals surface area contributed by atoms with E-state index in [9.17, 15) is 9.59 Å². The first-order valence-electron chi connectivity index (χ1n) is 10.9. The Kier molecular flexibility index (Phi) is 8.38. The van der Waals surface area contributed by atoms with Gasteiger partial charge >= 0.3 is 5.97 Å². The second kappa shape index (κ2) is 11.0. The fraction of sp³-hybridized carbons (Fsp3) is 0.500. The molecule has 168 valence electrons. The largest absolute Gasteiger partial charge is 0.493 e. The normalized spacial score (nSPS) is 15.3. The topological polar surface area (TPSA) is 64.6 Å². The molecule has 1 heterocycles. The number of aryl methyl sites for hydroxylation is 1. The van der Waals surface area contributed by atoms with Gasteiger partial charge in [0.1, 0.15) is 10.8 Å². The molecular formula is C24H30ClNO4S. The third kappa shape index (κ3) is 6.01. The first-order valence-corrected chi connectivity index (χ1v) is 12.1. The molecule has 1 aliphatic carbocycles. The van der Waals surface area contributed by atoms with Crippen molar-refractivity contribution in [2.24, 2.45) is 5.92 Å². The first kappa shape index (κ1) is 23.6. The second-order valence-electron chi connectivity index (χ2n) is 7.86. The molecule has 0 saturated carbocycles. The Bertz CT molecular complexity index is 940. The summed E-state index contributed by atoms with van der Waals surface area (Å²) in [4.78, 5) is 26.4. The van der Waals surface area contributed by atoms with Gasteiger partial charge in [-0.1, -0.05) is 24.9 Å². The van der Waals surface area contributed by atoms with E-state index in [2.05, 4.69) is 12.2 Å². The molecule has 0 aliphatic heterocycles. The molecule has 1 atom stereocenters. The minimum atomic E-state index is -0.341. The predicted molar refractivity (Wildman–Crippen MR) is 126 cm³/mol. The number of halogens is 1. The van der Waals surface area contributed by atoms with E-state index in [1.54, 1.807) is 13.0 Å². The van der Waals surface area contributed by atoms with E-state index in [0.29, 0.717) is 47.6 Å². The number of anilines is 1. The SMILES string of the molecule is CCOC(=O)c1c(NC(=O)CCCOc2ccc(Cl)cc2C)sc2c1CCC(CC)C2. The molecule has 5 nitrogen and oxygen atoms in total. The lowest BCUT2D eigenvalue weighted by atomic mass is 9.85. The summed E-state index contributed by atoms with van der Waals surface area (Å²) < 4.78 is 11.0. The molecule has 31 heavy (non-hydrogen) atoms. The van der Waals surface area contributed by atoms with Gasteiger partial charge in [-0.3, -0.25) is 4.79 Å². The summed E-state index contributed by atoms with van der Waals surface area (Å²) in [7, 11) is 0. The lowest BCUT2D eigenvalue weighted by Gasteiger charge is -2.20. The van der Waals surface area contributed by atoms with Gasteiger partial charge in [-0.2, -0.15) is 0 Å². The molecule has 1 aromatic carbocycles. The van der Waals surface area contributed by atoms with Crippen LogP contribution in [-0.4, -0.2) is 25.1 Å². The summed E-state index contributed by atoms with van der Waals surface area (Å²) in [6.45, 7) is 6.68. The molecule has 7 heteroatoms. The van der Waals surface area contributed by atoms with Gasteiger partial charge in [0.2, 0.25) is 5.91 Å². The maximum atomic E-state index is 12.6. The molecule has 3 rings (SSSR count). The fourth-order valence-electron chi connectivity index (χ4n) is 3.89. The predicted octanol–water partition coefficient (Wildman–Crippen LogP) is 6.20. The van der Waals surface area contributed by atoms with Crippen LogP contribution in [0.5, 0.6) is 5.75 Å². The van der Waals surface area contributed by atoms with Crippen LogP contribution >= 0.6 is 22.9 Å². The minimum Gasteiger partial charge on any atom is -0.493 e. The van der Waals surface area contributed by atoms with E-state index >= 15 is 0 Å². The molecule has 2 aromatic rings. The van der Waals surface area contributed by atoms with E-state index in [-0.39, 0.29) is 11.9 Å². The van der Waals surface area contributed by atoms with E-state index in [1.165, 1.54) is 16.2 Å². The molecule has 1 amide bonds. The third-order valence-electron chi connectivity index (χ3n) is 5.62. The molecule has 1 N–H and O–H groups in total. The monoisotopic (exact) mass is 463 g/mol. The highest BCUT2D eigenvalue weighted by Crippen LogP contribution is 2.41. The van der Waals surface area contributed by atoms with Crippen molar-refractivity contribution in [3.63, 3.8) is 0 Å². The van der Waals surface area contributed by atoms with Gasteiger partial charge in [0.25, 0.3) is 0 Å². The highest BCUT2D eigenvalue weighted by atomic mass is 35.5. The Hall–Kier alpha value is -2.05. The van der Waals surface area contributed by atoms with Crippen molar-refractivity contribution in [2.75, 3.05) is 18.5 Å². The zero-order valence-electron chi connectivity index (χ0n) is 18.4. The lowest BCUT2D eigenvalue weighted by Crippen LogP contribution is -2.17. The average Bonchev–Trinajstić information content (AvgIpc) is 3.09. The Morgan fingerprint density at radius 2 is 2.10 bits per heavy atom. The van der Waals surface area contributed by atoms with Gasteiger partial charge in [-0.05, 0) is 74.8 Å². The Morgan fingerprint density at radius 1 is 1.29 bits per heavy atom. The highest BCUT2D eigenvalue weighted by molar-refractivity contribution is 7.17. The maximum Gasteiger partial charge on any atom is 0.341 e. The van der Waals surface area contributed by atoms with Crippen LogP contribution in [0.4, 0.5) is 5.00 Å². The number of nitrogens with one attached hydrogen (secondary N) is 1. The summed E-state index contributed by atoms with van der Waals surface area (Å²) in [6.07, 6.45) is 4.92. The number of thiophene rings is 1. The van der Waals surface area contributed by atoms with Crippen LogP contribution in [0.3, 0.4) is 0 Å². The lowest BCUT2D eigenvalue weighted by molar-refractivity contribution is -0.116. The Morgan fingerprint density at radius 3 is 2.81 bits per heavy atom. The second-order valence-corrected chi connectivity index (χ2v) is 9.40. The average molecular weight is 464 g/mol. The summed E-state index contributed by atoms with van der Waals surface area (Å²) >= 11 is 7.49. The van der Waals surface area contributed by atoms with Crippen molar-refractivity contribution in [1.29, 1.82) is 0 Å². The van der Waals surface area contributed by atoms with Crippen LogP contribution < -0.4 is 10.1 Å². The van der Waals surface area contributed by atoms with Gasteiger partial charge in [-0.25, -0.2) is 4.79 Å². The van der Waals surface area contributed by atoms with Crippen LogP contribution in [0.1, 0.15) is 65.9 Å². The third-order valence-corrected chi connectivity index (χ3v) is 7.02. The van der Waals surface area contributed by atoms with Gasteiger partial charge in [0.15, 0.2) is 0 Å². The molecule has 1 aliphatic rings.